The zero-order valence-corrected chi connectivity index (χ0v) is 21.8. The highest BCUT2D eigenvalue weighted by molar-refractivity contribution is 7.10. The molecule has 6 heteroatoms. The first-order valence-corrected chi connectivity index (χ1v) is 13.8. The second kappa shape index (κ2) is 11.5. The quantitative estimate of drug-likeness (QED) is 0.497. The SMILES string of the molecule is CCCCCCC(=O)N1CCN(C(=O)CN2CCc3sccc3[C@H]2c2ccc(C)cc2)C[C@@H]1C. The Morgan fingerprint density at radius 1 is 1.00 bits per heavy atom. The van der Waals surface area contributed by atoms with Crippen molar-refractivity contribution in [1.29, 1.82) is 0 Å². The van der Waals surface area contributed by atoms with Gasteiger partial charge in [0.2, 0.25) is 11.8 Å². The van der Waals surface area contributed by atoms with Crippen LogP contribution >= 0.6 is 11.3 Å². The fourth-order valence-corrected chi connectivity index (χ4v) is 6.26. The van der Waals surface area contributed by atoms with Crippen molar-refractivity contribution in [3.8, 4) is 0 Å². The molecule has 5 nitrogen and oxygen atoms in total. The number of aryl methyl sites for hydroxylation is 1. The van der Waals surface area contributed by atoms with E-state index in [2.05, 4.69) is 61.4 Å². The number of hydrogen-bond acceptors (Lipinski definition) is 4. The van der Waals surface area contributed by atoms with Gasteiger partial charge in [-0.25, -0.2) is 0 Å². The van der Waals surface area contributed by atoms with E-state index >= 15 is 0 Å². The molecule has 0 unspecified atom stereocenters. The van der Waals surface area contributed by atoms with Gasteiger partial charge in [-0.15, -0.1) is 11.3 Å². The Hall–Kier alpha value is -2.18. The second-order valence-corrected chi connectivity index (χ2v) is 10.9. The molecule has 1 saturated heterocycles. The number of nitrogens with zero attached hydrogens (tertiary/aromatic N) is 3. The van der Waals surface area contributed by atoms with Crippen LogP contribution in [0.3, 0.4) is 0 Å². The first-order chi connectivity index (χ1) is 16.5. The van der Waals surface area contributed by atoms with Gasteiger partial charge in [0.1, 0.15) is 0 Å². The Bertz CT molecular complexity index is 970. The summed E-state index contributed by atoms with van der Waals surface area (Å²) < 4.78 is 0. The lowest BCUT2D eigenvalue weighted by Gasteiger charge is -2.42. The maximum atomic E-state index is 13.4. The average molecular weight is 482 g/mol. The number of hydrogen-bond donors (Lipinski definition) is 0. The van der Waals surface area contributed by atoms with Crippen molar-refractivity contribution in [1.82, 2.24) is 14.7 Å². The Labute approximate surface area is 208 Å². The minimum Gasteiger partial charge on any atom is -0.338 e. The Morgan fingerprint density at radius 2 is 1.79 bits per heavy atom. The normalized spacial score (nSPS) is 20.9. The van der Waals surface area contributed by atoms with Crippen LogP contribution in [0.4, 0.5) is 0 Å². The smallest absolute Gasteiger partial charge is 0.236 e. The molecule has 2 aliphatic heterocycles. The van der Waals surface area contributed by atoms with Crippen molar-refractivity contribution in [2.45, 2.75) is 71.4 Å². The van der Waals surface area contributed by atoms with Crippen LogP contribution < -0.4 is 0 Å². The number of carbonyl (C=O) groups excluding carboxylic acids is 2. The number of amides is 2. The molecule has 2 aromatic rings. The molecule has 1 aromatic heterocycles. The Kier molecular flexibility index (Phi) is 8.43. The number of piperazine rings is 1. The third-order valence-corrected chi connectivity index (χ3v) is 8.34. The molecule has 34 heavy (non-hydrogen) atoms. The predicted molar refractivity (Wildman–Crippen MR) is 139 cm³/mol. The van der Waals surface area contributed by atoms with E-state index in [9.17, 15) is 9.59 Å². The topological polar surface area (TPSA) is 43.9 Å². The zero-order chi connectivity index (χ0) is 24.1. The van der Waals surface area contributed by atoms with Crippen LogP contribution in [0, 0.1) is 6.92 Å². The molecule has 2 aliphatic rings. The zero-order valence-electron chi connectivity index (χ0n) is 21.0. The second-order valence-electron chi connectivity index (χ2n) is 9.92. The van der Waals surface area contributed by atoms with E-state index < -0.39 is 0 Å². The number of carbonyl (C=O) groups is 2. The molecule has 0 bridgehead atoms. The van der Waals surface area contributed by atoms with Gasteiger partial charge in [0.25, 0.3) is 0 Å². The highest BCUT2D eigenvalue weighted by Gasteiger charge is 2.34. The molecule has 0 saturated carbocycles. The average Bonchev–Trinajstić information content (AvgIpc) is 3.31. The molecule has 2 atom stereocenters. The standard InChI is InChI=1S/C28H39N3O2S/c1-4-5-6-7-8-26(32)31-17-16-29(19-22(31)3)27(33)20-30-15-13-25-24(14-18-34-25)28(30)23-11-9-21(2)10-12-23/h9-12,14,18,22,28H,4-8,13,15-17,19-20H2,1-3H3/t22-,28+/m0/s1. The summed E-state index contributed by atoms with van der Waals surface area (Å²) in [7, 11) is 0. The third kappa shape index (κ3) is 5.72. The van der Waals surface area contributed by atoms with E-state index in [1.54, 1.807) is 0 Å². The van der Waals surface area contributed by atoms with Crippen LogP contribution in [0.15, 0.2) is 35.7 Å². The van der Waals surface area contributed by atoms with Crippen molar-refractivity contribution in [3.63, 3.8) is 0 Å². The lowest BCUT2D eigenvalue weighted by atomic mass is 9.92. The van der Waals surface area contributed by atoms with Gasteiger partial charge in [0, 0.05) is 43.5 Å². The monoisotopic (exact) mass is 481 g/mol. The van der Waals surface area contributed by atoms with Crippen molar-refractivity contribution in [3.05, 3.63) is 57.3 Å². The van der Waals surface area contributed by atoms with E-state index in [0.29, 0.717) is 32.6 Å². The van der Waals surface area contributed by atoms with E-state index in [1.165, 1.54) is 34.4 Å². The van der Waals surface area contributed by atoms with Gasteiger partial charge >= 0.3 is 0 Å². The highest BCUT2D eigenvalue weighted by atomic mass is 32.1. The van der Waals surface area contributed by atoms with E-state index in [4.69, 9.17) is 0 Å². The van der Waals surface area contributed by atoms with Crippen LogP contribution in [0.1, 0.15) is 73.6 Å². The summed E-state index contributed by atoms with van der Waals surface area (Å²) >= 11 is 1.83. The molecule has 2 amide bonds. The number of fused-ring (bicyclic) bond motifs is 1. The summed E-state index contributed by atoms with van der Waals surface area (Å²) in [6.07, 6.45) is 6.10. The van der Waals surface area contributed by atoms with Gasteiger partial charge in [-0.1, -0.05) is 56.0 Å². The molecule has 1 fully saturated rings. The lowest BCUT2D eigenvalue weighted by molar-refractivity contribution is -0.143. The summed E-state index contributed by atoms with van der Waals surface area (Å²) in [6.45, 7) is 9.61. The van der Waals surface area contributed by atoms with Crippen molar-refractivity contribution < 1.29 is 9.59 Å². The lowest BCUT2D eigenvalue weighted by Crippen LogP contribution is -2.57. The third-order valence-electron chi connectivity index (χ3n) is 7.34. The van der Waals surface area contributed by atoms with Gasteiger partial charge in [-0.3, -0.25) is 14.5 Å². The molecule has 184 valence electrons. The maximum absolute atomic E-state index is 13.4. The first-order valence-electron chi connectivity index (χ1n) is 12.9. The van der Waals surface area contributed by atoms with Crippen LogP contribution in [0.25, 0.3) is 0 Å². The molecular formula is C28H39N3O2S. The molecule has 0 radical (unpaired) electrons. The van der Waals surface area contributed by atoms with Gasteiger partial charge in [0.15, 0.2) is 0 Å². The summed E-state index contributed by atoms with van der Waals surface area (Å²) in [6, 6.07) is 11.2. The number of unbranched alkanes of at least 4 members (excludes halogenated alkanes) is 3. The van der Waals surface area contributed by atoms with Crippen molar-refractivity contribution in [2.24, 2.45) is 0 Å². The Balaban J connectivity index is 1.38. The number of rotatable bonds is 8. The van der Waals surface area contributed by atoms with Crippen LogP contribution in [-0.2, 0) is 16.0 Å². The highest BCUT2D eigenvalue weighted by Crippen LogP contribution is 2.37. The largest absolute Gasteiger partial charge is 0.338 e. The predicted octanol–water partition coefficient (Wildman–Crippen LogP) is 5.03. The summed E-state index contributed by atoms with van der Waals surface area (Å²) in [5, 5.41) is 2.18. The summed E-state index contributed by atoms with van der Waals surface area (Å²) in [5.74, 6) is 0.425. The molecule has 0 N–H and O–H groups in total. The van der Waals surface area contributed by atoms with Crippen molar-refractivity contribution in [2.75, 3.05) is 32.7 Å². The van der Waals surface area contributed by atoms with Crippen LogP contribution in [0.5, 0.6) is 0 Å². The van der Waals surface area contributed by atoms with Crippen LogP contribution in [-0.4, -0.2) is 65.3 Å². The van der Waals surface area contributed by atoms with Gasteiger partial charge in [0.05, 0.1) is 12.6 Å². The maximum Gasteiger partial charge on any atom is 0.236 e. The molecule has 3 heterocycles. The minimum absolute atomic E-state index is 0.0779. The van der Waals surface area contributed by atoms with E-state index in [1.807, 2.05) is 21.1 Å². The molecule has 1 aromatic carbocycles. The minimum atomic E-state index is 0.0779. The van der Waals surface area contributed by atoms with E-state index in [-0.39, 0.29) is 23.9 Å². The van der Waals surface area contributed by atoms with E-state index in [0.717, 1.165) is 25.8 Å². The fraction of sp³-hybridized carbons (Fsp3) is 0.571. The van der Waals surface area contributed by atoms with Crippen LogP contribution in [0.2, 0.25) is 0 Å². The summed E-state index contributed by atoms with van der Waals surface area (Å²) in [4.78, 5) is 33.8. The molecule has 0 aliphatic carbocycles. The fourth-order valence-electron chi connectivity index (χ4n) is 5.35. The molecule has 0 spiro atoms. The number of thiophene rings is 1. The van der Waals surface area contributed by atoms with Gasteiger partial charge in [-0.2, -0.15) is 0 Å². The summed E-state index contributed by atoms with van der Waals surface area (Å²) in [5.41, 5.74) is 3.85. The molecule has 4 rings (SSSR count). The first kappa shape index (κ1) is 24.9. The molecular weight excluding hydrogens is 442 g/mol. The number of benzene rings is 1. The van der Waals surface area contributed by atoms with Gasteiger partial charge in [-0.05, 0) is 49.3 Å². The Morgan fingerprint density at radius 3 is 2.53 bits per heavy atom. The van der Waals surface area contributed by atoms with Crippen molar-refractivity contribution >= 4 is 23.2 Å². The van der Waals surface area contributed by atoms with Gasteiger partial charge < -0.3 is 9.80 Å².